The molecule has 0 aliphatic heterocycles. The highest BCUT2D eigenvalue weighted by molar-refractivity contribution is 6.34. The van der Waals surface area contributed by atoms with Crippen molar-refractivity contribution < 1.29 is 14.3 Å². The van der Waals surface area contributed by atoms with Gasteiger partial charge in [-0.05, 0) is 36.4 Å². The number of carbonyl (C=O) groups is 2. The zero-order valence-corrected chi connectivity index (χ0v) is 11.0. The fourth-order valence-electron chi connectivity index (χ4n) is 1.64. The van der Waals surface area contributed by atoms with Gasteiger partial charge in [0.25, 0.3) is 0 Å². The molecule has 0 radical (unpaired) electrons. The second-order valence-corrected chi connectivity index (χ2v) is 4.33. The SMILES string of the molecule is CC(=O)Oc1ccc(C(=O)c2ccccc2Cl)cc1. The Morgan fingerprint density at radius 2 is 1.63 bits per heavy atom. The van der Waals surface area contributed by atoms with Crippen molar-refractivity contribution in [1.82, 2.24) is 0 Å². The lowest BCUT2D eigenvalue weighted by molar-refractivity contribution is -0.131. The minimum Gasteiger partial charge on any atom is -0.427 e. The van der Waals surface area contributed by atoms with E-state index in [0.29, 0.717) is 21.9 Å². The maximum absolute atomic E-state index is 12.2. The molecule has 2 aromatic carbocycles. The van der Waals surface area contributed by atoms with Crippen LogP contribution in [0.2, 0.25) is 5.02 Å². The van der Waals surface area contributed by atoms with Crippen molar-refractivity contribution in [2.75, 3.05) is 0 Å². The van der Waals surface area contributed by atoms with Crippen molar-refractivity contribution >= 4 is 23.4 Å². The Labute approximate surface area is 115 Å². The van der Waals surface area contributed by atoms with Gasteiger partial charge in [-0.1, -0.05) is 23.7 Å². The number of ether oxygens (including phenoxy) is 1. The van der Waals surface area contributed by atoms with Gasteiger partial charge in [-0.25, -0.2) is 0 Å². The Bertz CT molecular complexity index is 618. The molecule has 0 saturated heterocycles. The number of hydrogen-bond acceptors (Lipinski definition) is 3. The van der Waals surface area contributed by atoms with Crippen LogP contribution in [0.1, 0.15) is 22.8 Å². The van der Waals surface area contributed by atoms with Gasteiger partial charge in [0.05, 0.1) is 5.02 Å². The Hall–Kier alpha value is -2.13. The summed E-state index contributed by atoms with van der Waals surface area (Å²) >= 11 is 5.98. The summed E-state index contributed by atoms with van der Waals surface area (Å²) in [5.41, 5.74) is 0.938. The molecule has 0 saturated carbocycles. The molecule has 0 aliphatic rings. The van der Waals surface area contributed by atoms with E-state index in [1.807, 2.05) is 0 Å². The molecule has 0 amide bonds. The van der Waals surface area contributed by atoms with Crippen LogP contribution in [0.25, 0.3) is 0 Å². The zero-order chi connectivity index (χ0) is 13.8. The summed E-state index contributed by atoms with van der Waals surface area (Å²) < 4.78 is 4.90. The van der Waals surface area contributed by atoms with E-state index < -0.39 is 5.97 Å². The lowest BCUT2D eigenvalue weighted by Gasteiger charge is -2.05. The number of halogens is 1. The molecule has 0 aliphatic carbocycles. The molecule has 3 nitrogen and oxygen atoms in total. The van der Waals surface area contributed by atoms with E-state index in [2.05, 4.69) is 0 Å². The summed E-state index contributed by atoms with van der Waals surface area (Å²) in [5, 5.41) is 0.413. The van der Waals surface area contributed by atoms with Gasteiger partial charge in [0.1, 0.15) is 5.75 Å². The first-order chi connectivity index (χ1) is 9.08. The predicted octanol–water partition coefficient (Wildman–Crippen LogP) is 3.50. The van der Waals surface area contributed by atoms with Crippen LogP contribution in [0, 0.1) is 0 Å². The normalized spacial score (nSPS) is 10.0. The van der Waals surface area contributed by atoms with Gasteiger partial charge < -0.3 is 4.74 Å². The van der Waals surface area contributed by atoms with Gasteiger partial charge in [0.15, 0.2) is 5.78 Å². The first-order valence-electron chi connectivity index (χ1n) is 5.65. The highest BCUT2D eigenvalue weighted by Crippen LogP contribution is 2.20. The predicted molar refractivity (Wildman–Crippen MR) is 72.6 cm³/mol. The molecule has 2 rings (SSSR count). The van der Waals surface area contributed by atoms with Crippen LogP contribution in [0.3, 0.4) is 0 Å². The van der Waals surface area contributed by atoms with Crippen molar-refractivity contribution in [3.05, 3.63) is 64.7 Å². The second kappa shape index (κ2) is 5.67. The van der Waals surface area contributed by atoms with Crippen molar-refractivity contribution in [3.8, 4) is 5.75 Å². The van der Waals surface area contributed by atoms with Gasteiger partial charge in [-0.2, -0.15) is 0 Å². The summed E-state index contributed by atoms with van der Waals surface area (Å²) in [6, 6.07) is 13.2. The molecule has 0 aromatic heterocycles. The Kier molecular flexibility index (Phi) is 3.97. The topological polar surface area (TPSA) is 43.4 Å². The third-order valence-electron chi connectivity index (χ3n) is 2.50. The fraction of sp³-hybridized carbons (Fsp3) is 0.0667. The summed E-state index contributed by atoms with van der Waals surface area (Å²) in [6.45, 7) is 1.32. The number of esters is 1. The van der Waals surface area contributed by atoms with Crippen LogP contribution in [0.15, 0.2) is 48.5 Å². The molecule has 96 valence electrons. The monoisotopic (exact) mass is 274 g/mol. The maximum atomic E-state index is 12.2. The van der Waals surface area contributed by atoms with Gasteiger partial charge in [0.2, 0.25) is 0 Å². The fourth-order valence-corrected chi connectivity index (χ4v) is 1.86. The number of rotatable bonds is 3. The maximum Gasteiger partial charge on any atom is 0.308 e. The van der Waals surface area contributed by atoms with Crippen LogP contribution in [-0.4, -0.2) is 11.8 Å². The van der Waals surface area contributed by atoms with Crippen LogP contribution < -0.4 is 4.74 Å². The summed E-state index contributed by atoms with van der Waals surface area (Å²) in [6.07, 6.45) is 0. The summed E-state index contributed by atoms with van der Waals surface area (Å²) in [4.78, 5) is 23.0. The average Bonchev–Trinajstić information content (AvgIpc) is 2.39. The number of hydrogen-bond donors (Lipinski definition) is 0. The number of ketones is 1. The van der Waals surface area contributed by atoms with E-state index in [0.717, 1.165) is 0 Å². The average molecular weight is 275 g/mol. The highest BCUT2D eigenvalue weighted by Gasteiger charge is 2.12. The minimum atomic E-state index is -0.398. The van der Waals surface area contributed by atoms with Gasteiger partial charge in [0, 0.05) is 18.1 Å². The Balaban J connectivity index is 2.25. The molecule has 0 heterocycles. The first kappa shape index (κ1) is 13.3. The molecule has 0 unspecified atom stereocenters. The van der Waals surface area contributed by atoms with Gasteiger partial charge >= 0.3 is 5.97 Å². The zero-order valence-electron chi connectivity index (χ0n) is 10.2. The molecule has 0 N–H and O–H groups in total. The lowest BCUT2D eigenvalue weighted by Crippen LogP contribution is -2.04. The van der Waals surface area contributed by atoms with Crippen molar-refractivity contribution in [3.63, 3.8) is 0 Å². The molecule has 0 atom stereocenters. The van der Waals surface area contributed by atoms with Crippen LogP contribution in [0.4, 0.5) is 0 Å². The summed E-state index contributed by atoms with van der Waals surface area (Å²) in [5.74, 6) is -0.159. The van der Waals surface area contributed by atoms with E-state index in [4.69, 9.17) is 16.3 Å². The van der Waals surface area contributed by atoms with Crippen molar-refractivity contribution in [1.29, 1.82) is 0 Å². The van der Waals surface area contributed by atoms with Crippen LogP contribution in [0.5, 0.6) is 5.75 Å². The van der Waals surface area contributed by atoms with Crippen molar-refractivity contribution in [2.24, 2.45) is 0 Å². The highest BCUT2D eigenvalue weighted by atomic mass is 35.5. The lowest BCUT2D eigenvalue weighted by atomic mass is 10.0. The first-order valence-corrected chi connectivity index (χ1v) is 6.03. The molecule has 19 heavy (non-hydrogen) atoms. The molecular formula is C15H11ClO3. The second-order valence-electron chi connectivity index (χ2n) is 3.93. The number of carbonyl (C=O) groups excluding carboxylic acids is 2. The summed E-state index contributed by atoms with van der Waals surface area (Å²) in [7, 11) is 0. The standard InChI is InChI=1S/C15H11ClO3/c1-10(17)19-12-8-6-11(7-9-12)15(18)13-4-2-3-5-14(13)16/h2-9H,1H3. The van der Waals surface area contributed by atoms with E-state index in [1.54, 1.807) is 48.5 Å². The largest absolute Gasteiger partial charge is 0.427 e. The van der Waals surface area contributed by atoms with Gasteiger partial charge in [-0.3, -0.25) is 9.59 Å². The quantitative estimate of drug-likeness (QED) is 0.489. The van der Waals surface area contributed by atoms with E-state index >= 15 is 0 Å². The molecule has 0 bridgehead atoms. The van der Waals surface area contributed by atoms with Gasteiger partial charge in [-0.15, -0.1) is 0 Å². The molecule has 2 aromatic rings. The van der Waals surface area contributed by atoms with E-state index in [9.17, 15) is 9.59 Å². The molecule has 0 spiro atoms. The van der Waals surface area contributed by atoms with Crippen LogP contribution in [-0.2, 0) is 4.79 Å². The molecule has 0 fully saturated rings. The van der Waals surface area contributed by atoms with Crippen molar-refractivity contribution in [2.45, 2.75) is 6.92 Å². The third kappa shape index (κ3) is 3.20. The smallest absolute Gasteiger partial charge is 0.308 e. The Morgan fingerprint density at radius 1 is 1.00 bits per heavy atom. The molecular weight excluding hydrogens is 264 g/mol. The third-order valence-corrected chi connectivity index (χ3v) is 2.83. The van der Waals surface area contributed by atoms with Crippen LogP contribution >= 0.6 is 11.6 Å². The molecule has 4 heteroatoms. The Morgan fingerprint density at radius 3 is 2.21 bits per heavy atom. The van der Waals surface area contributed by atoms with E-state index in [-0.39, 0.29) is 5.78 Å². The number of benzene rings is 2. The minimum absolute atomic E-state index is 0.167. The van der Waals surface area contributed by atoms with E-state index in [1.165, 1.54) is 6.92 Å².